The van der Waals surface area contributed by atoms with Crippen LogP contribution >= 0.6 is 0 Å². The number of carbonyl (C=O) groups excluding carboxylic acids is 2. The van der Waals surface area contributed by atoms with Gasteiger partial charge >= 0.3 is 0 Å². The predicted octanol–water partition coefficient (Wildman–Crippen LogP) is 1.69. The van der Waals surface area contributed by atoms with E-state index in [0.717, 1.165) is 0 Å². The van der Waals surface area contributed by atoms with E-state index in [0.29, 0.717) is 22.7 Å². The maximum atomic E-state index is 12.7. The fraction of sp³-hybridized carbons (Fsp3) is 0.133. The highest BCUT2D eigenvalue weighted by Gasteiger charge is 2.28. The van der Waals surface area contributed by atoms with Crippen LogP contribution in [0.25, 0.3) is 0 Å². The predicted molar refractivity (Wildman–Crippen MR) is 77.5 cm³/mol. The number of para-hydroxylation sites is 2. The van der Waals surface area contributed by atoms with Crippen molar-refractivity contribution in [2.75, 3.05) is 23.9 Å². The molecule has 0 saturated heterocycles. The Kier molecular flexibility index (Phi) is 3.27. The smallest absolute Gasteiger partial charge is 0.262 e. The molecule has 0 radical (unpaired) electrons. The number of nitrogens with zero attached hydrogens (tertiary/aromatic N) is 2. The number of methoxy groups -OCH3 is 1. The lowest BCUT2D eigenvalue weighted by atomic mass is 10.1. The van der Waals surface area contributed by atoms with Crippen molar-refractivity contribution in [3.05, 3.63) is 48.3 Å². The first-order valence-corrected chi connectivity index (χ1v) is 6.39. The molecule has 0 fully saturated rings. The lowest BCUT2D eigenvalue weighted by Crippen LogP contribution is -2.42. The van der Waals surface area contributed by atoms with Gasteiger partial charge in [-0.2, -0.15) is 0 Å². The molecule has 2 heterocycles. The molecule has 0 unspecified atom stereocenters. The molecule has 2 amide bonds. The van der Waals surface area contributed by atoms with Crippen molar-refractivity contribution in [2.45, 2.75) is 0 Å². The monoisotopic (exact) mass is 283 g/mol. The lowest BCUT2D eigenvalue weighted by molar-refractivity contribution is -0.115. The summed E-state index contributed by atoms with van der Waals surface area (Å²) in [7, 11) is 1.48. The zero-order chi connectivity index (χ0) is 14.8. The highest BCUT2D eigenvalue weighted by Crippen LogP contribution is 2.31. The Labute approximate surface area is 121 Å². The van der Waals surface area contributed by atoms with E-state index in [1.807, 2.05) is 6.07 Å². The van der Waals surface area contributed by atoms with Gasteiger partial charge in [-0.05, 0) is 18.2 Å². The number of anilines is 2. The molecule has 1 aliphatic heterocycles. The Hall–Kier alpha value is -2.89. The molecule has 21 heavy (non-hydrogen) atoms. The van der Waals surface area contributed by atoms with Crippen LogP contribution in [0, 0.1) is 0 Å². The van der Waals surface area contributed by atoms with Gasteiger partial charge in [0, 0.05) is 6.20 Å². The van der Waals surface area contributed by atoms with Crippen LogP contribution in [0.2, 0.25) is 0 Å². The average molecular weight is 283 g/mol. The van der Waals surface area contributed by atoms with E-state index in [9.17, 15) is 9.59 Å². The van der Waals surface area contributed by atoms with E-state index in [2.05, 4.69) is 10.3 Å². The first-order chi connectivity index (χ1) is 10.2. The van der Waals surface area contributed by atoms with E-state index in [-0.39, 0.29) is 18.4 Å². The molecular formula is C15H13N3O3. The molecule has 0 aliphatic carbocycles. The number of ether oxygens (including phenoxy) is 1. The molecule has 1 aromatic heterocycles. The quantitative estimate of drug-likeness (QED) is 0.910. The topological polar surface area (TPSA) is 71.5 Å². The third-order valence-electron chi connectivity index (χ3n) is 3.25. The number of aromatic nitrogens is 1. The molecule has 6 nitrogen and oxygen atoms in total. The summed E-state index contributed by atoms with van der Waals surface area (Å²) in [5.41, 5.74) is 1.66. The molecule has 1 N–H and O–H groups in total. The molecule has 0 bridgehead atoms. The third-order valence-corrected chi connectivity index (χ3v) is 3.25. The van der Waals surface area contributed by atoms with Crippen molar-refractivity contribution in [1.29, 1.82) is 0 Å². The number of hydrogen-bond donors (Lipinski definition) is 1. The van der Waals surface area contributed by atoms with Crippen molar-refractivity contribution < 1.29 is 14.3 Å². The second-order valence-electron chi connectivity index (χ2n) is 4.53. The van der Waals surface area contributed by atoms with Crippen LogP contribution in [-0.4, -0.2) is 30.5 Å². The van der Waals surface area contributed by atoms with Gasteiger partial charge < -0.3 is 10.1 Å². The summed E-state index contributed by atoms with van der Waals surface area (Å²) in [5, 5.41) is 2.75. The summed E-state index contributed by atoms with van der Waals surface area (Å²) in [6, 6.07) is 8.76. The van der Waals surface area contributed by atoms with Crippen molar-refractivity contribution in [1.82, 2.24) is 4.98 Å². The van der Waals surface area contributed by atoms with Crippen LogP contribution < -0.4 is 15.0 Å². The lowest BCUT2D eigenvalue weighted by Gasteiger charge is -2.29. The van der Waals surface area contributed by atoms with Gasteiger partial charge in [-0.25, -0.2) is 0 Å². The number of pyridine rings is 1. The van der Waals surface area contributed by atoms with Gasteiger partial charge in [-0.3, -0.25) is 19.5 Å². The fourth-order valence-corrected chi connectivity index (χ4v) is 2.28. The highest BCUT2D eigenvalue weighted by molar-refractivity contribution is 6.15. The largest absolute Gasteiger partial charge is 0.494 e. The van der Waals surface area contributed by atoms with E-state index < -0.39 is 0 Å². The third kappa shape index (κ3) is 2.31. The van der Waals surface area contributed by atoms with Gasteiger partial charge in [0.25, 0.3) is 5.91 Å². The van der Waals surface area contributed by atoms with Gasteiger partial charge in [-0.1, -0.05) is 12.1 Å². The molecule has 2 aromatic rings. The number of rotatable bonds is 2. The van der Waals surface area contributed by atoms with Gasteiger partial charge in [0.05, 0.1) is 30.2 Å². The summed E-state index contributed by atoms with van der Waals surface area (Å²) in [5.74, 6) is -0.141. The van der Waals surface area contributed by atoms with Crippen molar-refractivity contribution in [3.8, 4) is 5.75 Å². The van der Waals surface area contributed by atoms with Gasteiger partial charge in [0.2, 0.25) is 5.91 Å². The van der Waals surface area contributed by atoms with Crippen LogP contribution in [0.15, 0.2) is 42.7 Å². The summed E-state index contributed by atoms with van der Waals surface area (Å²) >= 11 is 0. The number of benzene rings is 1. The molecule has 6 heteroatoms. The second-order valence-corrected chi connectivity index (χ2v) is 4.53. The molecule has 1 aromatic carbocycles. The maximum absolute atomic E-state index is 12.7. The average Bonchev–Trinajstić information content (AvgIpc) is 2.53. The first-order valence-electron chi connectivity index (χ1n) is 6.39. The number of nitrogens with one attached hydrogen (secondary N) is 1. The highest BCUT2D eigenvalue weighted by atomic mass is 16.5. The Balaban J connectivity index is 2.04. The van der Waals surface area contributed by atoms with Gasteiger partial charge in [0.1, 0.15) is 12.3 Å². The summed E-state index contributed by atoms with van der Waals surface area (Å²) in [4.78, 5) is 29.9. The SMILES string of the molecule is COc1cnccc1C(=O)N1CC(=O)Nc2ccccc21. The first kappa shape index (κ1) is 13.1. The zero-order valence-electron chi connectivity index (χ0n) is 11.4. The van der Waals surface area contributed by atoms with Crippen LogP contribution in [0.5, 0.6) is 5.75 Å². The Morgan fingerprint density at radius 2 is 2.14 bits per heavy atom. The van der Waals surface area contributed by atoms with Crippen LogP contribution in [0.1, 0.15) is 10.4 Å². The Morgan fingerprint density at radius 3 is 2.95 bits per heavy atom. The van der Waals surface area contributed by atoms with Crippen molar-refractivity contribution in [3.63, 3.8) is 0 Å². The van der Waals surface area contributed by atoms with Gasteiger partial charge in [-0.15, -0.1) is 0 Å². The van der Waals surface area contributed by atoms with E-state index >= 15 is 0 Å². The van der Waals surface area contributed by atoms with Crippen molar-refractivity contribution in [2.24, 2.45) is 0 Å². The summed E-state index contributed by atoms with van der Waals surface area (Å²) in [6.07, 6.45) is 2.99. The zero-order valence-corrected chi connectivity index (χ0v) is 11.4. The summed E-state index contributed by atoms with van der Waals surface area (Å²) < 4.78 is 5.16. The van der Waals surface area contributed by atoms with E-state index in [1.165, 1.54) is 24.4 Å². The molecule has 3 rings (SSSR count). The Morgan fingerprint density at radius 1 is 1.33 bits per heavy atom. The summed E-state index contributed by atoms with van der Waals surface area (Å²) in [6.45, 7) is -0.0265. The van der Waals surface area contributed by atoms with Crippen LogP contribution in [0.4, 0.5) is 11.4 Å². The molecule has 0 atom stereocenters. The van der Waals surface area contributed by atoms with Gasteiger partial charge in [0.15, 0.2) is 0 Å². The molecule has 0 spiro atoms. The van der Waals surface area contributed by atoms with Crippen molar-refractivity contribution >= 4 is 23.2 Å². The second kappa shape index (κ2) is 5.24. The number of carbonyl (C=O) groups is 2. The minimum Gasteiger partial charge on any atom is -0.494 e. The fourth-order valence-electron chi connectivity index (χ4n) is 2.28. The normalized spacial score (nSPS) is 13.4. The number of amides is 2. The number of fused-ring (bicyclic) bond motifs is 1. The van der Waals surface area contributed by atoms with Crippen LogP contribution in [-0.2, 0) is 4.79 Å². The standard InChI is InChI=1S/C15H13N3O3/c1-21-13-8-16-7-6-10(13)15(20)18-9-14(19)17-11-4-2-3-5-12(11)18/h2-8H,9H2,1H3,(H,17,19). The number of hydrogen-bond acceptors (Lipinski definition) is 4. The van der Waals surface area contributed by atoms with E-state index in [1.54, 1.807) is 24.3 Å². The van der Waals surface area contributed by atoms with Crippen LogP contribution in [0.3, 0.4) is 0 Å². The molecule has 1 aliphatic rings. The molecule has 0 saturated carbocycles. The minimum atomic E-state index is -0.295. The Bertz CT molecular complexity index is 715. The molecule has 106 valence electrons. The minimum absolute atomic E-state index is 0.0265. The maximum Gasteiger partial charge on any atom is 0.262 e. The van der Waals surface area contributed by atoms with E-state index in [4.69, 9.17) is 4.74 Å². The molecular weight excluding hydrogens is 270 g/mol.